The van der Waals surface area contributed by atoms with Crippen LogP contribution in [0.3, 0.4) is 0 Å². The molecule has 3 heterocycles. The number of nitrogens with zero attached hydrogens (tertiary/aromatic N) is 1. The van der Waals surface area contributed by atoms with E-state index in [9.17, 15) is 19.5 Å². The van der Waals surface area contributed by atoms with Crippen LogP contribution in [0.1, 0.15) is 40.0 Å². The smallest absolute Gasteiger partial charge is 0.248 e. The van der Waals surface area contributed by atoms with Gasteiger partial charge in [0.05, 0.1) is 29.2 Å². The fourth-order valence-corrected chi connectivity index (χ4v) is 9.25. The lowest BCUT2D eigenvalue weighted by molar-refractivity contribution is -0.142. The Hall–Kier alpha value is -2.58. The third-order valence-electron chi connectivity index (χ3n) is 8.36. The van der Waals surface area contributed by atoms with Crippen molar-refractivity contribution >= 4 is 45.9 Å². The molecule has 0 aromatic heterocycles. The van der Waals surface area contributed by atoms with Gasteiger partial charge in [0.25, 0.3) is 0 Å². The molecule has 2 aromatic carbocycles. The molecule has 2 unspecified atom stereocenters. The van der Waals surface area contributed by atoms with Crippen LogP contribution in [0.5, 0.6) is 0 Å². The van der Waals surface area contributed by atoms with Gasteiger partial charge in [-0.3, -0.25) is 14.4 Å². The number of carbonyl (C=O) groups is 3. The van der Waals surface area contributed by atoms with E-state index >= 15 is 0 Å². The lowest BCUT2D eigenvalue weighted by atomic mass is 9.66. The van der Waals surface area contributed by atoms with Crippen LogP contribution in [0.15, 0.2) is 42.5 Å². The molecule has 0 saturated carbocycles. The van der Waals surface area contributed by atoms with Gasteiger partial charge >= 0.3 is 0 Å². The number of nitrogens with one attached hydrogen (secondary N) is 2. The molecule has 3 aliphatic rings. The monoisotopic (exact) mass is 509 g/mol. The van der Waals surface area contributed by atoms with Crippen LogP contribution < -0.4 is 10.6 Å². The number of aliphatic hydroxyl groups excluding tert-OH is 1. The molecule has 3 N–H and O–H groups in total. The average molecular weight is 510 g/mol. The number of rotatable bonds is 7. The van der Waals surface area contributed by atoms with Gasteiger partial charge in [-0.1, -0.05) is 44.2 Å². The Morgan fingerprint density at radius 3 is 2.53 bits per heavy atom. The highest BCUT2D eigenvalue weighted by atomic mass is 32.2. The molecule has 3 aliphatic heterocycles. The molecular weight excluding hydrogens is 474 g/mol. The summed E-state index contributed by atoms with van der Waals surface area (Å²) in [7, 11) is 1.60. The second-order valence-electron chi connectivity index (χ2n) is 11.1. The minimum absolute atomic E-state index is 0.148. The minimum Gasteiger partial charge on any atom is -0.394 e. The van der Waals surface area contributed by atoms with Gasteiger partial charge in [-0.15, -0.1) is 11.8 Å². The van der Waals surface area contributed by atoms with Crippen LogP contribution >= 0.6 is 11.8 Å². The van der Waals surface area contributed by atoms with E-state index in [2.05, 4.69) is 17.6 Å². The Morgan fingerprint density at radius 1 is 1.14 bits per heavy atom. The van der Waals surface area contributed by atoms with E-state index in [1.54, 1.807) is 23.7 Å². The molecule has 2 bridgehead atoms. The lowest BCUT2D eigenvalue weighted by Crippen LogP contribution is -2.55. The van der Waals surface area contributed by atoms with Crippen molar-refractivity contribution in [2.24, 2.45) is 17.8 Å². The van der Waals surface area contributed by atoms with E-state index in [1.807, 2.05) is 56.3 Å². The molecule has 0 radical (unpaired) electrons. The highest BCUT2D eigenvalue weighted by Crippen LogP contribution is 2.71. The summed E-state index contributed by atoms with van der Waals surface area (Å²) in [6.45, 7) is 5.92. The zero-order valence-electron chi connectivity index (χ0n) is 21.3. The van der Waals surface area contributed by atoms with E-state index in [0.29, 0.717) is 18.5 Å². The van der Waals surface area contributed by atoms with Crippen molar-refractivity contribution in [1.29, 1.82) is 0 Å². The third-order valence-corrected chi connectivity index (χ3v) is 10.3. The van der Waals surface area contributed by atoms with Crippen molar-refractivity contribution in [3.05, 3.63) is 42.5 Å². The van der Waals surface area contributed by atoms with Crippen molar-refractivity contribution in [3.8, 4) is 0 Å². The second kappa shape index (κ2) is 9.06. The second-order valence-corrected chi connectivity index (χ2v) is 13.0. The molecule has 8 heteroatoms. The molecule has 192 valence electrons. The van der Waals surface area contributed by atoms with Crippen LogP contribution in [0, 0.1) is 17.8 Å². The van der Waals surface area contributed by atoms with Crippen molar-refractivity contribution in [3.63, 3.8) is 0 Å². The van der Waals surface area contributed by atoms with Crippen molar-refractivity contribution in [1.82, 2.24) is 10.2 Å². The van der Waals surface area contributed by atoms with Crippen LogP contribution in [0.4, 0.5) is 5.69 Å². The molecule has 3 amide bonds. The Kier molecular flexibility index (Phi) is 6.32. The van der Waals surface area contributed by atoms with E-state index in [-0.39, 0.29) is 30.2 Å². The quantitative estimate of drug-likeness (QED) is 0.531. The summed E-state index contributed by atoms with van der Waals surface area (Å²) in [4.78, 5) is 42.9. The molecule has 7 nitrogen and oxygen atoms in total. The normalized spacial score (nSPS) is 31.7. The van der Waals surface area contributed by atoms with Crippen LogP contribution in [-0.2, 0) is 14.4 Å². The summed E-state index contributed by atoms with van der Waals surface area (Å²) in [5, 5.41) is 18.3. The first-order valence-electron chi connectivity index (χ1n) is 12.8. The van der Waals surface area contributed by atoms with Crippen LogP contribution in [-0.4, -0.2) is 63.0 Å². The fourth-order valence-electron chi connectivity index (χ4n) is 6.91. The summed E-state index contributed by atoms with van der Waals surface area (Å²) in [6.07, 6.45) is 2.03. The summed E-state index contributed by atoms with van der Waals surface area (Å²) in [5.41, 5.74) is 0.668. The summed E-state index contributed by atoms with van der Waals surface area (Å²) < 4.78 is -1.10. The van der Waals surface area contributed by atoms with E-state index in [4.69, 9.17) is 0 Å². The van der Waals surface area contributed by atoms with E-state index in [0.717, 1.165) is 17.2 Å². The van der Waals surface area contributed by atoms with Crippen LogP contribution in [0.25, 0.3) is 10.8 Å². The number of likely N-dealkylation sites (tertiary alicyclic amines) is 1. The van der Waals surface area contributed by atoms with Gasteiger partial charge < -0.3 is 20.6 Å². The maximum absolute atomic E-state index is 14.1. The lowest BCUT2D eigenvalue weighted by Gasteiger charge is -2.37. The molecule has 36 heavy (non-hydrogen) atoms. The van der Waals surface area contributed by atoms with Crippen molar-refractivity contribution < 1.29 is 19.5 Å². The standard InChI is InChI=1S/C28H35N3O4S/c1-16(2)13-20(15-32)31-23(25(34)30-19-10-9-17-7-5-6-8-18(17)14-19)28-12-11-27(3,36-28)21(24(33)29-4)22(28)26(31)35/h5-10,14,16,20-23,32H,11-13,15H2,1-4H3,(H,29,33)(H,30,34)/t20-,21+,22+,23?,27-,28?/m1/s1. The van der Waals surface area contributed by atoms with Gasteiger partial charge in [0.1, 0.15) is 6.04 Å². The van der Waals surface area contributed by atoms with E-state index in [1.165, 1.54) is 0 Å². The van der Waals surface area contributed by atoms with Gasteiger partial charge in [0, 0.05) is 17.5 Å². The van der Waals surface area contributed by atoms with Gasteiger partial charge in [-0.05, 0) is 55.0 Å². The largest absolute Gasteiger partial charge is 0.394 e. The molecule has 3 saturated heterocycles. The number of hydrogen-bond acceptors (Lipinski definition) is 5. The zero-order valence-corrected chi connectivity index (χ0v) is 22.1. The summed E-state index contributed by atoms with van der Waals surface area (Å²) in [6, 6.07) is 12.5. The maximum Gasteiger partial charge on any atom is 0.248 e. The maximum atomic E-state index is 14.1. The van der Waals surface area contributed by atoms with E-state index < -0.39 is 33.4 Å². The highest BCUT2D eigenvalue weighted by molar-refractivity contribution is 8.02. The third kappa shape index (κ3) is 3.72. The molecule has 1 spiro atoms. The molecular formula is C28H35N3O4S. The minimum atomic E-state index is -0.765. The number of fused-ring (bicyclic) bond motifs is 2. The van der Waals surface area contributed by atoms with Crippen molar-refractivity contribution in [2.75, 3.05) is 19.0 Å². The Bertz CT molecular complexity index is 1220. The van der Waals surface area contributed by atoms with Crippen LogP contribution in [0.2, 0.25) is 0 Å². The highest BCUT2D eigenvalue weighted by Gasteiger charge is 2.77. The predicted molar refractivity (Wildman–Crippen MR) is 143 cm³/mol. The SMILES string of the molecule is CNC(=O)[C@@H]1[C@H]2C(=O)N([C@@H](CO)CC(C)C)C(C(=O)Nc3ccc4ccccc4c3)C23CC[C@@]1(C)S3. The Morgan fingerprint density at radius 2 is 1.86 bits per heavy atom. The first-order valence-corrected chi connectivity index (χ1v) is 13.6. The van der Waals surface area contributed by atoms with Gasteiger partial charge in [0.15, 0.2) is 0 Å². The molecule has 0 aliphatic carbocycles. The van der Waals surface area contributed by atoms with Crippen molar-refractivity contribution in [2.45, 2.75) is 61.6 Å². The number of amides is 3. The molecule has 3 fully saturated rings. The molecule has 6 atom stereocenters. The Labute approximate surface area is 216 Å². The molecule has 5 rings (SSSR count). The summed E-state index contributed by atoms with van der Waals surface area (Å²) >= 11 is 1.64. The van der Waals surface area contributed by atoms with Gasteiger partial charge in [0.2, 0.25) is 17.7 Å². The Balaban J connectivity index is 1.56. The number of benzene rings is 2. The number of aliphatic hydroxyl groups is 1. The number of hydrogen-bond donors (Lipinski definition) is 3. The predicted octanol–water partition coefficient (Wildman–Crippen LogP) is 3.41. The first-order chi connectivity index (χ1) is 17.1. The summed E-state index contributed by atoms with van der Waals surface area (Å²) in [5.74, 6) is -1.45. The number of carbonyl (C=O) groups excluding carboxylic acids is 3. The zero-order chi connectivity index (χ0) is 25.8. The fraction of sp³-hybridized carbons (Fsp3) is 0.536. The van der Waals surface area contributed by atoms with Gasteiger partial charge in [-0.2, -0.15) is 0 Å². The first kappa shape index (κ1) is 25.1. The number of thioether (sulfide) groups is 1. The number of anilines is 1. The topological polar surface area (TPSA) is 98.7 Å². The molecule has 2 aromatic rings. The van der Waals surface area contributed by atoms with Gasteiger partial charge in [-0.25, -0.2) is 0 Å². The average Bonchev–Trinajstić information content (AvgIpc) is 3.42.